The Morgan fingerprint density at radius 1 is 1.29 bits per heavy atom. The van der Waals surface area contributed by atoms with Crippen LogP contribution in [0.25, 0.3) is 0 Å². The van der Waals surface area contributed by atoms with Crippen LogP contribution in [0.1, 0.15) is 19.3 Å². The first kappa shape index (κ1) is 13.8. The Kier molecular flexibility index (Phi) is 3.72. The van der Waals surface area contributed by atoms with E-state index in [9.17, 15) is 9.59 Å². The molecule has 7 heteroatoms. The van der Waals surface area contributed by atoms with Crippen molar-refractivity contribution in [3.63, 3.8) is 0 Å². The molecular formula is C14H18N4O3. The van der Waals surface area contributed by atoms with Crippen LogP contribution >= 0.6 is 0 Å². The highest BCUT2D eigenvalue weighted by molar-refractivity contribution is 5.89. The van der Waals surface area contributed by atoms with Crippen molar-refractivity contribution in [1.82, 2.24) is 15.3 Å². The SMILES string of the molecule is O=C(O)[C@@H]1C[C@H]1C(=O)N[C@H]1CCCN(c2ncccn2)C1. The number of hydrogen-bond acceptors (Lipinski definition) is 5. The molecule has 0 aromatic carbocycles. The molecule has 112 valence electrons. The maximum atomic E-state index is 12.0. The van der Waals surface area contributed by atoms with Crippen LogP contribution in [0.2, 0.25) is 0 Å². The highest BCUT2D eigenvalue weighted by Gasteiger charge is 2.48. The summed E-state index contributed by atoms with van der Waals surface area (Å²) in [5, 5.41) is 11.8. The number of carbonyl (C=O) groups is 2. The van der Waals surface area contributed by atoms with E-state index in [2.05, 4.69) is 20.2 Å². The van der Waals surface area contributed by atoms with Gasteiger partial charge in [0, 0.05) is 31.5 Å². The first-order chi connectivity index (χ1) is 10.1. The van der Waals surface area contributed by atoms with Gasteiger partial charge < -0.3 is 15.3 Å². The summed E-state index contributed by atoms with van der Waals surface area (Å²) in [6.07, 6.45) is 5.72. The second kappa shape index (κ2) is 5.67. The summed E-state index contributed by atoms with van der Waals surface area (Å²) >= 11 is 0. The lowest BCUT2D eigenvalue weighted by Crippen LogP contribution is -2.48. The smallest absolute Gasteiger partial charge is 0.307 e. The van der Waals surface area contributed by atoms with Crippen molar-refractivity contribution in [2.45, 2.75) is 25.3 Å². The van der Waals surface area contributed by atoms with Crippen LogP contribution in [-0.2, 0) is 9.59 Å². The average molecular weight is 290 g/mol. The zero-order chi connectivity index (χ0) is 14.8. The van der Waals surface area contributed by atoms with Crippen LogP contribution in [0.3, 0.4) is 0 Å². The van der Waals surface area contributed by atoms with Gasteiger partial charge in [0.15, 0.2) is 0 Å². The maximum Gasteiger partial charge on any atom is 0.307 e. The van der Waals surface area contributed by atoms with Gasteiger partial charge in [-0.1, -0.05) is 0 Å². The van der Waals surface area contributed by atoms with E-state index < -0.39 is 11.9 Å². The Balaban J connectivity index is 1.55. The van der Waals surface area contributed by atoms with Crippen LogP contribution in [0.15, 0.2) is 18.5 Å². The van der Waals surface area contributed by atoms with Crippen molar-refractivity contribution in [3.05, 3.63) is 18.5 Å². The number of aliphatic carboxylic acids is 1. The van der Waals surface area contributed by atoms with Crippen molar-refractivity contribution in [2.75, 3.05) is 18.0 Å². The Morgan fingerprint density at radius 2 is 2.05 bits per heavy atom. The van der Waals surface area contributed by atoms with E-state index in [0.29, 0.717) is 18.9 Å². The summed E-state index contributed by atoms with van der Waals surface area (Å²) in [5.74, 6) is -1.19. The fraction of sp³-hybridized carbons (Fsp3) is 0.571. The lowest BCUT2D eigenvalue weighted by molar-refractivity contribution is -0.140. The molecule has 2 heterocycles. The van der Waals surface area contributed by atoms with Gasteiger partial charge in [0.2, 0.25) is 11.9 Å². The largest absolute Gasteiger partial charge is 0.481 e. The van der Waals surface area contributed by atoms with Gasteiger partial charge in [-0.2, -0.15) is 0 Å². The summed E-state index contributed by atoms with van der Waals surface area (Å²) < 4.78 is 0. The average Bonchev–Trinajstić information content (AvgIpc) is 3.29. The number of nitrogens with zero attached hydrogens (tertiary/aromatic N) is 3. The third-order valence-electron chi connectivity index (χ3n) is 4.05. The molecule has 1 aliphatic heterocycles. The molecule has 3 atom stereocenters. The van der Waals surface area contributed by atoms with Crippen LogP contribution in [0.4, 0.5) is 5.95 Å². The molecule has 1 aromatic rings. The molecule has 21 heavy (non-hydrogen) atoms. The number of aromatic nitrogens is 2. The van der Waals surface area contributed by atoms with Gasteiger partial charge in [0.25, 0.3) is 0 Å². The van der Waals surface area contributed by atoms with Gasteiger partial charge in [-0.15, -0.1) is 0 Å². The molecule has 1 aliphatic carbocycles. The normalized spacial score (nSPS) is 28.0. The Hall–Kier alpha value is -2.18. The van der Waals surface area contributed by atoms with E-state index in [1.54, 1.807) is 18.5 Å². The Morgan fingerprint density at radius 3 is 2.71 bits per heavy atom. The first-order valence-electron chi connectivity index (χ1n) is 7.20. The number of carboxylic acid groups (broad SMARTS) is 1. The van der Waals surface area contributed by atoms with Gasteiger partial charge in [-0.3, -0.25) is 9.59 Å². The van der Waals surface area contributed by atoms with Crippen LogP contribution < -0.4 is 10.2 Å². The van der Waals surface area contributed by atoms with Gasteiger partial charge in [-0.25, -0.2) is 9.97 Å². The highest BCUT2D eigenvalue weighted by atomic mass is 16.4. The second-order valence-electron chi connectivity index (χ2n) is 5.63. The van der Waals surface area contributed by atoms with E-state index in [1.807, 2.05) is 0 Å². The zero-order valence-corrected chi connectivity index (χ0v) is 11.6. The molecule has 2 aliphatic rings. The molecule has 2 N–H and O–H groups in total. The number of nitrogens with one attached hydrogen (secondary N) is 1. The number of rotatable bonds is 4. The Bertz CT molecular complexity index is 536. The van der Waals surface area contributed by atoms with E-state index in [4.69, 9.17) is 5.11 Å². The van der Waals surface area contributed by atoms with Crippen LogP contribution in [-0.4, -0.2) is 46.1 Å². The van der Waals surface area contributed by atoms with E-state index in [1.165, 1.54) is 0 Å². The summed E-state index contributed by atoms with van der Waals surface area (Å²) in [4.78, 5) is 33.3. The fourth-order valence-corrected chi connectivity index (χ4v) is 2.80. The third kappa shape index (κ3) is 3.12. The van der Waals surface area contributed by atoms with E-state index in [0.717, 1.165) is 19.4 Å². The number of piperidine rings is 1. The molecule has 0 radical (unpaired) electrons. The van der Waals surface area contributed by atoms with Crippen molar-refractivity contribution in [2.24, 2.45) is 11.8 Å². The molecule has 0 bridgehead atoms. The monoisotopic (exact) mass is 290 g/mol. The predicted molar refractivity (Wildman–Crippen MR) is 74.6 cm³/mol. The van der Waals surface area contributed by atoms with Crippen molar-refractivity contribution in [1.29, 1.82) is 0 Å². The number of amides is 1. The minimum atomic E-state index is -0.877. The summed E-state index contributed by atoms with van der Waals surface area (Å²) in [6.45, 7) is 1.54. The lowest BCUT2D eigenvalue weighted by atomic mass is 10.1. The Labute approximate surface area is 122 Å². The highest BCUT2D eigenvalue weighted by Crippen LogP contribution is 2.38. The summed E-state index contributed by atoms with van der Waals surface area (Å²) in [7, 11) is 0. The van der Waals surface area contributed by atoms with Crippen molar-refractivity contribution in [3.8, 4) is 0 Å². The van der Waals surface area contributed by atoms with Crippen molar-refractivity contribution < 1.29 is 14.7 Å². The zero-order valence-electron chi connectivity index (χ0n) is 11.6. The summed E-state index contributed by atoms with van der Waals surface area (Å²) in [5.41, 5.74) is 0. The first-order valence-corrected chi connectivity index (χ1v) is 7.20. The van der Waals surface area contributed by atoms with Crippen LogP contribution in [0, 0.1) is 11.8 Å². The van der Waals surface area contributed by atoms with Crippen molar-refractivity contribution >= 4 is 17.8 Å². The fourth-order valence-electron chi connectivity index (χ4n) is 2.80. The van der Waals surface area contributed by atoms with Gasteiger partial charge in [-0.05, 0) is 25.3 Å². The molecule has 1 aromatic heterocycles. The number of carbonyl (C=O) groups excluding carboxylic acids is 1. The molecule has 1 amide bonds. The molecule has 1 saturated carbocycles. The number of anilines is 1. The lowest BCUT2D eigenvalue weighted by Gasteiger charge is -2.33. The van der Waals surface area contributed by atoms with E-state index >= 15 is 0 Å². The second-order valence-corrected chi connectivity index (χ2v) is 5.63. The number of hydrogen-bond donors (Lipinski definition) is 2. The standard InChI is InChI=1S/C14H18N4O3/c19-12(10-7-11(10)13(20)21)17-9-3-1-6-18(8-9)14-15-4-2-5-16-14/h2,4-5,9-11H,1,3,6-8H2,(H,17,19)(H,20,21)/t9-,10+,11+/m0/s1. The molecule has 0 spiro atoms. The molecule has 1 saturated heterocycles. The molecule has 3 rings (SSSR count). The minimum Gasteiger partial charge on any atom is -0.481 e. The minimum absolute atomic E-state index is 0.0325. The van der Waals surface area contributed by atoms with E-state index in [-0.39, 0.29) is 17.9 Å². The maximum absolute atomic E-state index is 12.0. The van der Waals surface area contributed by atoms with Gasteiger partial charge in [0.05, 0.1) is 11.8 Å². The summed E-state index contributed by atoms with van der Waals surface area (Å²) in [6, 6.07) is 1.80. The third-order valence-corrected chi connectivity index (χ3v) is 4.05. The van der Waals surface area contributed by atoms with Gasteiger partial charge >= 0.3 is 5.97 Å². The number of carboxylic acids is 1. The molecule has 7 nitrogen and oxygen atoms in total. The quantitative estimate of drug-likeness (QED) is 0.827. The molecule has 0 unspecified atom stereocenters. The predicted octanol–water partition coefficient (Wildman–Crippen LogP) is 0.282. The van der Waals surface area contributed by atoms with Gasteiger partial charge in [0.1, 0.15) is 0 Å². The molecule has 2 fully saturated rings. The topological polar surface area (TPSA) is 95.4 Å². The van der Waals surface area contributed by atoms with Crippen LogP contribution in [0.5, 0.6) is 0 Å². The molecular weight excluding hydrogens is 272 g/mol.